The maximum absolute atomic E-state index is 14.1. The SMILES string of the molecule is CCCC(=O)NS(=O)(=O)N1CCC(CNC(=O)c2ccccc2OC)(c2cccc(F)c2)CC1. The lowest BCUT2D eigenvalue weighted by Crippen LogP contribution is -2.53. The van der Waals surface area contributed by atoms with Crippen molar-refractivity contribution in [1.82, 2.24) is 14.3 Å². The summed E-state index contributed by atoms with van der Waals surface area (Å²) in [5.74, 6) is -0.859. The van der Waals surface area contributed by atoms with Gasteiger partial charge in [-0.2, -0.15) is 12.7 Å². The predicted octanol–water partition coefficient (Wildman–Crippen LogP) is 2.76. The van der Waals surface area contributed by atoms with Crippen molar-refractivity contribution in [3.05, 3.63) is 65.5 Å². The first-order valence-corrected chi connectivity index (χ1v) is 12.6. The van der Waals surface area contributed by atoms with Crippen molar-refractivity contribution in [1.29, 1.82) is 0 Å². The zero-order valence-corrected chi connectivity index (χ0v) is 20.2. The topological polar surface area (TPSA) is 105 Å². The van der Waals surface area contributed by atoms with Gasteiger partial charge >= 0.3 is 10.2 Å². The van der Waals surface area contributed by atoms with Crippen molar-refractivity contribution in [2.24, 2.45) is 0 Å². The van der Waals surface area contributed by atoms with Crippen LogP contribution in [0.25, 0.3) is 0 Å². The molecule has 0 radical (unpaired) electrons. The Morgan fingerprint density at radius 1 is 1.12 bits per heavy atom. The van der Waals surface area contributed by atoms with Crippen LogP contribution in [0.5, 0.6) is 5.75 Å². The Hall–Kier alpha value is -2.98. The lowest BCUT2D eigenvalue weighted by Gasteiger charge is -2.41. The molecule has 2 aromatic rings. The van der Waals surface area contributed by atoms with Gasteiger partial charge in [0.1, 0.15) is 11.6 Å². The van der Waals surface area contributed by atoms with E-state index in [2.05, 4.69) is 10.0 Å². The third-order valence-electron chi connectivity index (χ3n) is 6.12. The van der Waals surface area contributed by atoms with Crippen molar-refractivity contribution in [3.63, 3.8) is 0 Å². The van der Waals surface area contributed by atoms with E-state index in [4.69, 9.17) is 4.74 Å². The molecule has 1 aliphatic heterocycles. The number of ether oxygens (including phenoxy) is 1. The molecule has 0 spiro atoms. The predicted molar refractivity (Wildman–Crippen MR) is 126 cm³/mol. The number of carbonyl (C=O) groups is 2. The minimum Gasteiger partial charge on any atom is -0.496 e. The molecule has 8 nitrogen and oxygen atoms in total. The number of amides is 2. The van der Waals surface area contributed by atoms with E-state index in [-0.39, 0.29) is 32.0 Å². The van der Waals surface area contributed by atoms with Gasteiger partial charge in [0, 0.05) is 31.5 Å². The van der Waals surface area contributed by atoms with Crippen LogP contribution in [0.3, 0.4) is 0 Å². The summed E-state index contributed by atoms with van der Waals surface area (Å²) in [6.45, 7) is 2.22. The molecule has 0 aromatic heterocycles. The highest BCUT2D eigenvalue weighted by atomic mass is 32.2. The fourth-order valence-corrected chi connectivity index (χ4v) is 5.39. The molecule has 2 N–H and O–H groups in total. The second-order valence-corrected chi connectivity index (χ2v) is 10.0. The standard InChI is InChI=1S/C24H30FN3O5S/c1-3-7-22(29)27-34(31,32)28-14-12-24(13-15-28,18-8-6-9-19(25)16-18)17-26-23(30)20-10-4-5-11-21(20)33-2/h4-6,8-11,16H,3,7,12-15,17H2,1-2H3,(H,26,30)(H,27,29). The monoisotopic (exact) mass is 491 g/mol. The van der Waals surface area contributed by atoms with Gasteiger partial charge in [-0.05, 0) is 49.1 Å². The minimum absolute atomic E-state index is 0.120. The first-order chi connectivity index (χ1) is 16.2. The fraction of sp³-hybridized carbons (Fsp3) is 0.417. The van der Waals surface area contributed by atoms with Crippen LogP contribution in [0.4, 0.5) is 4.39 Å². The Morgan fingerprint density at radius 3 is 2.47 bits per heavy atom. The molecule has 3 rings (SSSR count). The number of rotatable bonds is 9. The Kier molecular flexibility index (Phi) is 8.27. The van der Waals surface area contributed by atoms with Crippen molar-refractivity contribution < 1.29 is 27.1 Å². The van der Waals surface area contributed by atoms with Gasteiger partial charge in [0.25, 0.3) is 5.91 Å². The van der Waals surface area contributed by atoms with Gasteiger partial charge in [-0.25, -0.2) is 9.11 Å². The maximum atomic E-state index is 14.1. The van der Waals surface area contributed by atoms with Crippen LogP contribution in [-0.2, 0) is 20.4 Å². The van der Waals surface area contributed by atoms with Crippen LogP contribution in [-0.4, -0.2) is 51.3 Å². The Labute approximate surface area is 199 Å². The summed E-state index contributed by atoms with van der Waals surface area (Å²) >= 11 is 0. The number of para-hydroxylation sites is 1. The molecule has 1 fully saturated rings. The molecule has 1 heterocycles. The average molecular weight is 492 g/mol. The number of hydrogen-bond donors (Lipinski definition) is 2. The third-order valence-corrected chi connectivity index (χ3v) is 7.65. The quantitative estimate of drug-likeness (QED) is 0.561. The molecule has 0 atom stereocenters. The number of halogens is 1. The highest BCUT2D eigenvalue weighted by Gasteiger charge is 2.40. The number of carbonyl (C=O) groups excluding carboxylic acids is 2. The number of benzene rings is 2. The number of hydrogen-bond acceptors (Lipinski definition) is 5. The second kappa shape index (κ2) is 11.0. The molecule has 1 aliphatic rings. The lowest BCUT2D eigenvalue weighted by atomic mass is 9.73. The van der Waals surface area contributed by atoms with Gasteiger partial charge in [-0.1, -0.05) is 31.2 Å². The van der Waals surface area contributed by atoms with Gasteiger partial charge in [0.15, 0.2) is 0 Å². The molecule has 0 unspecified atom stereocenters. The molecular formula is C24H30FN3O5S. The van der Waals surface area contributed by atoms with E-state index in [0.29, 0.717) is 36.1 Å². The summed E-state index contributed by atoms with van der Waals surface area (Å²) in [5, 5.41) is 2.93. The lowest BCUT2D eigenvalue weighted by molar-refractivity contribution is -0.119. The maximum Gasteiger partial charge on any atom is 0.303 e. The summed E-state index contributed by atoms with van der Waals surface area (Å²) < 4.78 is 48.0. The van der Waals surface area contributed by atoms with Crippen LogP contribution in [0, 0.1) is 5.82 Å². The molecular weight excluding hydrogens is 461 g/mol. The minimum atomic E-state index is -3.97. The molecule has 0 aliphatic carbocycles. The van der Waals surface area contributed by atoms with Crippen LogP contribution < -0.4 is 14.8 Å². The van der Waals surface area contributed by atoms with E-state index in [0.717, 1.165) is 0 Å². The molecule has 0 saturated carbocycles. The van der Waals surface area contributed by atoms with Gasteiger partial charge < -0.3 is 10.1 Å². The number of nitrogens with zero attached hydrogens (tertiary/aromatic N) is 1. The Balaban J connectivity index is 1.79. The van der Waals surface area contributed by atoms with Gasteiger partial charge in [-0.15, -0.1) is 0 Å². The Bertz CT molecular complexity index is 1130. The van der Waals surface area contributed by atoms with Gasteiger partial charge in [-0.3, -0.25) is 9.59 Å². The van der Waals surface area contributed by atoms with Crippen LogP contribution >= 0.6 is 0 Å². The van der Waals surface area contributed by atoms with Crippen molar-refractivity contribution in [3.8, 4) is 5.75 Å². The van der Waals surface area contributed by atoms with Gasteiger partial charge in [0.2, 0.25) is 5.91 Å². The molecule has 1 saturated heterocycles. The normalized spacial score (nSPS) is 16.0. The van der Waals surface area contributed by atoms with Gasteiger partial charge in [0.05, 0.1) is 12.7 Å². The zero-order chi connectivity index (χ0) is 24.8. The molecule has 2 aromatic carbocycles. The van der Waals surface area contributed by atoms with Crippen LogP contribution in [0.1, 0.15) is 48.5 Å². The van der Waals surface area contributed by atoms with E-state index < -0.39 is 27.3 Å². The highest BCUT2D eigenvalue weighted by Crippen LogP contribution is 2.36. The summed E-state index contributed by atoms with van der Waals surface area (Å²) in [5.41, 5.74) is 0.372. The van der Waals surface area contributed by atoms with E-state index in [1.54, 1.807) is 43.3 Å². The number of methoxy groups -OCH3 is 1. The van der Waals surface area contributed by atoms with Crippen molar-refractivity contribution in [2.45, 2.75) is 38.0 Å². The summed E-state index contributed by atoms with van der Waals surface area (Å²) in [6.07, 6.45) is 1.34. The molecule has 184 valence electrons. The van der Waals surface area contributed by atoms with E-state index in [1.807, 2.05) is 0 Å². The summed E-state index contributed by atoms with van der Waals surface area (Å²) in [7, 11) is -2.49. The first-order valence-electron chi connectivity index (χ1n) is 11.2. The number of piperidine rings is 1. The zero-order valence-electron chi connectivity index (χ0n) is 19.3. The van der Waals surface area contributed by atoms with Crippen molar-refractivity contribution in [2.75, 3.05) is 26.7 Å². The third kappa shape index (κ3) is 5.92. The molecule has 0 bridgehead atoms. The number of nitrogens with one attached hydrogen (secondary N) is 2. The summed E-state index contributed by atoms with van der Waals surface area (Å²) in [6, 6.07) is 13.0. The van der Waals surface area contributed by atoms with E-state index >= 15 is 0 Å². The highest BCUT2D eigenvalue weighted by molar-refractivity contribution is 7.87. The molecule has 10 heteroatoms. The first kappa shape index (κ1) is 25.6. The van der Waals surface area contributed by atoms with E-state index in [9.17, 15) is 22.4 Å². The van der Waals surface area contributed by atoms with E-state index in [1.165, 1.54) is 23.5 Å². The second-order valence-electron chi connectivity index (χ2n) is 8.35. The molecule has 2 amide bonds. The Morgan fingerprint density at radius 2 is 1.82 bits per heavy atom. The van der Waals surface area contributed by atoms with Crippen LogP contribution in [0.2, 0.25) is 0 Å². The smallest absolute Gasteiger partial charge is 0.303 e. The fourth-order valence-electron chi connectivity index (χ4n) is 4.20. The van der Waals surface area contributed by atoms with Crippen molar-refractivity contribution >= 4 is 22.0 Å². The average Bonchev–Trinajstić information content (AvgIpc) is 2.82. The molecule has 34 heavy (non-hydrogen) atoms. The van der Waals surface area contributed by atoms with Crippen LogP contribution in [0.15, 0.2) is 48.5 Å². The largest absolute Gasteiger partial charge is 0.496 e. The summed E-state index contributed by atoms with van der Waals surface area (Å²) in [4.78, 5) is 24.7.